The number of ether oxygens (including phenoxy) is 2. The van der Waals surface area contributed by atoms with Crippen LogP contribution in [-0.4, -0.2) is 25.3 Å². The topological polar surface area (TPSA) is 52.6 Å². The van der Waals surface area contributed by atoms with Gasteiger partial charge in [0.2, 0.25) is 0 Å². The highest BCUT2D eigenvalue weighted by atomic mass is 16.5. The van der Waals surface area contributed by atoms with Crippen LogP contribution < -0.4 is 9.47 Å². The highest BCUT2D eigenvalue weighted by Crippen LogP contribution is 2.28. The van der Waals surface area contributed by atoms with Crippen LogP contribution in [0.1, 0.15) is 33.2 Å². The van der Waals surface area contributed by atoms with Crippen LogP contribution in [0, 0.1) is 6.92 Å². The Bertz CT molecular complexity index is 687. The van der Waals surface area contributed by atoms with E-state index < -0.39 is 0 Å². The van der Waals surface area contributed by atoms with Gasteiger partial charge in [-0.15, -0.1) is 0 Å². The van der Waals surface area contributed by atoms with Crippen LogP contribution >= 0.6 is 0 Å². The van der Waals surface area contributed by atoms with Gasteiger partial charge < -0.3 is 9.47 Å². The van der Waals surface area contributed by atoms with E-state index in [2.05, 4.69) is 0 Å². The van der Waals surface area contributed by atoms with Gasteiger partial charge in [0.15, 0.2) is 29.7 Å². The van der Waals surface area contributed by atoms with Gasteiger partial charge in [-0.2, -0.15) is 0 Å². The molecule has 22 heavy (non-hydrogen) atoms. The Morgan fingerprint density at radius 2 is 1.59 bits per heavy atom. The van der Waals surface area contributed by atoms with Crippen LogP contribution in [0.5, 0.6) is 11.5 Å². The van der Waals surface area contributed by atoms with E-state index in [9.17, 15) is 9.59 Å². The number of benzene rings is 2. The molecule has 0 fully saturated rings. The summed E-state index contributed by atoms with van der Waals surface area (Å²) in [5.41, 5.74) is 2.23. The number of hydrogen-bond donors (Lipinski definition) is 0. The molecule has 0 spiro atoms. The predicted octanol–water partition coefficient (Wildman–Crippen LogP) is 3.47. The zero-order chi connectivity index (χ0) is 16.1. The Morgan fingerprint density at radius 3 is 2.18 bits per heavy atom. The van der Waals surface area contributed by atoms with Crippen molar-refractivity contribution in [3.63, 3.8) is 0 Å². The van der Waals surface area contributed by atoms with E-state index in [1.165, 1.54) is 14.0 Å². The van der Waals surface area contributed by atoms with E-state index in [-0.39, 0.29) is 18.2 Å². The Labute approximate surface area is 129 Å². The average Bonchev–Trinajstić information content (AvgIpc) is 2.52. The van der Waals surface area contributed by atoms with Crippen molar-refractivity contribution < 1.29 is 19.1 Å². The number of methoxy groups -OCH3 is 1. The van der Waals surface area contributed by atoms with E-state index in [0.717, 1.165) is 5.56 Å². The van der Waals surface area contributed by atoms with Crippen molar-refractivity contribution in [2.75, 3.05) is 13.7 Å². The molecule has 2 aromatic carbocycles. The van der Waals surface area contributed by atoms with Gasteiger partial charge in [-0.05, 0) is 32.0 Å². The first-order valence-corrected chi connectivity index (χ1v) is 6.93. The normalized spacial score (nSPS) is 10.1. The third kappa shape index (κ3) is 3.73. The predicted molar refractivity (Wildman–Crippen MR) is 84.0 cm³/mol. The molecular weight excluding hydrogens is 280 g/mol. The van der Waals surface area contributed by atoms with Gasteiger partial charge in [-0.25, -0.2) is 0 Å². The molecule has 0 saturated heterocycles. The Balaban J connectivity index is 2.09. The minimum atomic E-state index is -0.113. The van der Waals surface area contributed by atoms with E-state index in [1.54, 1.807) is 30.3 Å². The first-order chi connectivity index (χ1) is 10.5. The average molecular weight is 298 g/mol. The quantitative estimate of drug-likeness (QED) is 0.766. The van der Waals surface area contributed by atoms with Crippen molar-refractivity contribution in [1.29, 1.82) is 0 Å². The summed E-state index contributed by atoms with van der Waals surface area (Å²) in [5, 5.41) is 0. The number of carbonyl (C=O) groups excluding carboxylic acids is 2. The monoisotopic (exact) mass is 298 g/mol. The van der Waals surface area contributed by atoms with Gasteiger partial charge in [-0.3, -0.25) is 9.59 Å². The molecule has 0 saturated carbocycles. The molecule has 0 aliphatic heterocycles. The molecule has 0 amide bonds. The first kappa shape index (κ1) is 15.8. The molecule has 0 atom stereocenters. The van der Waals surface area contributed by atoms with Gasteiger partial charge in [-0.1, -0.05) is 29.8 Å². The number of aryl methyl sites for hydroxylation is 1. The molecule has 0 heterocycles. The molecule has 0 aliphatic carbocycles. The summed E-state index contributed by atoms with van der Waals surface area (Å²) in [5.74, 6) is 0.704. The Kier molecular flexibility index (Phi) is 4.94. The van der Waals surface area contributed by atoms with E-state index in [0.29, 0.717) is 22.6 Å². The van der Waals surface area contributed by atoms with Crippen molar-refractivity contribution in [3.05, 3.63) is 59.2 Å². The molecule has 0 aromatic heterocycles. The Hall–Kier alpha value is -2.62. The largest absolute Gasteiger partial charge is 0.493 e. The summed E-state index contributed by atoms with van der Waals surface area (Å²) in [6.07, 6.45) is 0. The fourth-order valence-corrected chi connectivity index (χ4v) is 1.97. The van der Waals surface area contributed by atoms with Crippen LogP contribution in [0.15, 0.2) is 42.5 Å². The lowest BCUT2D eigenvalue weighted by Crippen LogP contribution is -2.12. The standard InChI is InChI=1S/C18H18O4/c1-12-4-6-14(7-5-12)16(20)11-22-17-9-8-15(13(2)19)10-18(17)21-3/h4-10H,11H2,1-3H3. The summed E-state index contributed by atoms with van der Waals surface area (Å²) in [7, 11) is 1.49. The lowest BCUT2D eigenvalue weighted by atomic mass is 10.1. The summed E-state index contributed by atoms with van der Waals surface area (Å²) < 4.78 is 10.7. The van der Waals surface area contributed by atoms with Crippen molar-refractivity contribution in [3.8, 4) is 11.5 Å². The third-order valence-corrected chi connectivity index (χ3v) is 3.30. The maximum absolute atomic E-state index is 12.1. The molecular formula is C18H18O4. The number of ketones is 2. The molecule has 2 aromatic rings. The molecule has 4 nitrogen and oxygen atoms in total. The molecule has 0 N–H and O–H groups in total. The highest BCUT2D eigenvalue weighted by molar-refractivity contribution is 5.97. The van der Waals surface area contributed by atoms with Crippen LogP contribution in [0.2, 0.25) is 0 Å². The number of hydrogen-bond acceptors (Lipinski definition) is 4. The molecule has 0 aliphatic rings. The van der Waals surface area contributed by atoms with Crippen molar-refractivity contribution >= 4 is 11.6 Å². The highest BCUT2D eigenvalue weighted by Gasteiger charge is 2.11. The molecule has 0 bridgehead atoms. The zero-order valence-corrected chi connectivity index (χ0v) is 12.9. The molecule has 0 radical (unpaired) electrons. The van der Waals surface area contributed by atoms with Crippen LogP contribution in [-0.2, 0) is 0 Å². The summed E-state index contributed by atoms with van der Waals surface area (Å²) in [6, 6.07) is 12.2. The van der Waals surface area contributed by atoms with Gasteiger partial charge in [0.1, 0.15) is 0 Å². The van der Waals surface area contributed by atoms with Crippen LogP contribution in [0.3, 0.4) is 0 Å². The van der Waals surface area contributed by atoms with Crippen molar-refractivity contribution in [2.45, 2.75) is 13.8 Å². The lowest BCUT2D eigenvalue weighted by Gasteiger charge is -2.11. The summed E-state index contributed by atoms with van der Waals surface area (Å²) in [4.78, 5) is 23.4. The fraction of sp³-hybridized carbons (Fsp3) is 0.222. The van der Waals surface area contributed by atoms with E-state index in [1.807, 2.05) is 19.1 Å². The summed E-state index contributed by atoms with van der Waals surface area (Å²) >= 11 is 0. The van der Waals surface area contributed by atoms with Gasteiger partial charge in [0.05, 0.1) is 7.11 Å². The molecule has 4 heteroatoms. The zero-order valence-electron chi connectivity index (χ0n) is 12.9. The van der Waals surface area contributed by atoms with Crippen LogP contribution in [0.4, 0.5) is 0 Å². The van der Waals surface area contributed by atoms with E-state index in [4.69, 9.17) is 9.47 Å². The maximum atomic E-state index is 12.1. The van der Waals surface area contributed by atoms with Crippen LogP contribution in [0.25, 0.3) is 0 Å². The first-order valence-electron chi connectivity index (χ1n) is 6.93. The number of carbonyl (C=O) groups is 2. The smallest absolute Gasteiger partial charge is 0.200 e. The number of Topliss-reactive ketones (excluding diaryl/α,β-unsaturated/α-hetero) is 2. The lowest BCUT2D eigenvalue weighted by molar-refractivity contribution is 0.0918. The van der Waals surface area contributed by atoms with Crippen molar-refractivity contribution in [1.82, 2.24) is 0 Å². The molecule has 2 rings (SSSR count). The second-order valence-electron chi connectivity index (χ2n) is 5.00. The minimum Gasteiger partial charge on any atom is -0.493 e. The third-order valence-electron chi connectivity index (χ3n) is 3.30. The van der Waals surface area contributed by atoms with Gasteiger partial charge in [0, 0.05) is 11.1 Å². The van der Waals surface area contributed by atoms with E-state index >= 15 is 0 Å². The molecule has 0 unspecified atom stereocenters. The van der Waals surface area contributed by atoms with Gasteiger partial charge in [0.25, 0.3) is 0 Å². The van der Waals surface area contributed by atoms with Gasteiger partial charge >= 0.3 is 0 Å². The Morgan fingerprint density at radius 1 is 0.955 bits per heavy atom. The second-order valence-corrected chi connectivity index (χ2v) is 5.00. The molecule has 114 valence electrons. The second kappa shape index (κ2) is 6.89. The number of rotatable bonds is 6. The van der Waals surface area contributed by atoms with Crippen molar-refractivity contribution in [2.24, 2.45) is 0 Å². The minimum absolute atomic E-state index is 0.0550. The fourth-order valence-electron chi connectivity index (χ4n) is 1.97. The SMILES string of the molecule is COc1cc(C(C)=O)ccc1OCC(=O)c1ccc(C)cc1. The maximum Gasteiger partial charge on any atom is 0.200 e. The summed E-state index contributed by atoms with van der Waals surface area (Å²) in [6.45, 7) is 3.36.